The summed E-state index contributed by atoms with van der Waals surface area (Å²) in [6.07, 6.45) is 6.26. The largest absolute Gasteiger partial charge is 0.478 e. The summed E-state index contributed by atoms with van der Waals surface area (Å²) in [5.74, 6) is -0.900. The molecule has 0 fully saturated rings. The molecule has 0 amide bonds. The molecule has 16 heavy (non-hydrogen) atoms. The van der Waals surface area contributed by atoms with E-state index in [4.69, 9.17) is 5.11 Å². The second kappa shape index (κ2) is 8.41. The highest BCUT2D eigenvalue weighted by Crippen LogP contribution is 1.94. The minimum atomic E-state index is -0.900. The third-order valence-corrected chi connectivity index (χ3v) is 1.75. The maximum Gasteiger partial charge on any atom is 0.330 e. The molecule has 1 aromatic rings. The second-order valence-electron chi connectivity index (χ2n) is 3.02. The van der Waals surface area contributed by atoms with E-state index in [1.165, 1.54) is 0 Å². The fourth-order valence-corrected chi connectivity index (χ4v) is 0.797. The van der Waals surface area contributed by atoms with Crippen LogP contribution >= 0.6 is 0 Å². The van der Waals surface area contributed by atoms with Gasteiger partial charge in [0.25, 0.3) is 0 Å². The molecule has 0 spiro atoms. The summed E-state index contributed by atoms with van der Waals surface area (Å²) in [7, 11) is 0. The van der Waals surface area contributed by atoms with Crippen LogP contribution in [-0.2, 0) is 4.79 Å². The topological polar surface area (TPSA) is 50.2 Å². The molecule has 1 rings (SSSR count). The van der Waals surface area contributed by atoms with Crippen molar-refractivity contribution in [3.63, 3.8) is 0 Å². The molecular weight excluding hydrogens is 202 g/mol. The number of carboxylic acid groups (broad SMARTS) is 1. The van der Waals surface area contributed by atoms with Gasteiger partial charge in [-0.25, -0.2) is 4.79 Å². The monoisotopic (exact) mass is 219 g/mol. The molecule has 0 aliphatic carbocycles. The Morgan fingerprint density at radius 2 is 2.25 bits per heavy atom. The lowest BCUT2D eigenvalue weighted by Gasteiger charge is -1.87. The van der Waals surface area contributed by atoms with Gasteiger partial charge in [-0.05, 0) is 31.6 Å². The van der Waals surface area contributed by atoms with E-state index in [1.807, 2.05) is 37.3 Å². The fraction of sp³-hybridized carbons (Fsp3) is 0.231. The van der Waals surface area contributed by atoms with Crippen molar-refractivity contribution in [2.45, 2.75) is 20.3 Å². The molecule has 3 heteroatoms. The highest BCUT2D eigenvalue weighted by Gasteiger charge is 1.96. The average Bonchev–Trinajstić information content (AvgIpc) is 2.30. The summed E-state index contributed by atoms with van der Waals surface area (Å²) in [4.78, 5) is 13.9. The Morgan fingerprint density at radius 3 is 2.56 bits per heavy atom. The molecule has 0 unspecified atom stereocenters. The van der Waals surface area contributed by atoms with Gasteiger partial charge in [0.15, 0.2) is 0 Å². The Bertz CT molecular complexity index is 355. The van der Waals surface area contributed by atoms with E-state index in [-0.39, 0.29) is 5.57 Å². The van der Waals surface area contributed by atoms with Crippen molar-refractivity contribution < 1.29 is 9.90 Å². The lowest BCUT2D eigenvalue weighted by atomic mass is 10.2. The number of aromatic nitrogens is 1. The van der Waals surface area contributed by atoms with Crippen LogP contribution in [0.15, 0.2) is 42.6 Å². The first-order valence-corrected chi connectivity index (χ1v) is 5.06. The SMILES string of the molecule is C=C(CC)C(=O)O.CC=Cc1ccccn1. The van der Waals surface area contributed by atoms with Gasteiger partial charge < -0.3 is 5.11 Å². The molecule has 86 valence electrons. The molecule has 0 radical (unpaired) electrons. The summed E-state index contributed by atoms with van der Waals surface area (Å²) in [6, 6.07) is 5.86. The van der Waals surface area contributed by atoms with Crippen molar-refractivity contribution in [1.29, 1.82) is 0 Å². The third-order valence-electron chi connectivity index (χ3n) is 1.75. The summed E-state index contributed by atoms with van der Waals surface area (Å²) in [5, 5.41) is 8.08. The average molecular weight is 219 g/mol. The Balaban J connectivity index is 0.000000293. The van der Waals surface area contributed by atoms with Gasteiger partial charge >= 0.3 is 5.97 Å². The van der Waals surface area contributed by atoms with Gasteiger partial charge in [-0.3, -0.25) is 4.98 Å². The first-order valence-electron chi connectivity index (χ1n) is 5.06. The second-order valence-corrected chi connectivity index (χ2v) is 3.02. The van der Waals surface area contributed by atoms with Crippen LogP contribution in [0.4, 0.5) is 0 Å². The Labute approximate surface area is 96.2 Å². The van der Waals surface area contributed by atoms with Crippen molar-refractivity contribution in [2.75, 3.05) is 0 Å². The first kappa shape index (κ1) is 14.1. The van der Waals surface area contributed by atoms with E-state index >= 15 is 0 Å². The van der Waals surface area contributed by atoms with Gasteiger partial charge in [-0.15, -0.1) is 0 Å². The minimum absolute atomic E-state index is 0.264. The third kappa shape index (κ3) is 6.54. The molecule has 1 N–H and O–H groups in total. The normalized spacial score (nSPS) is 9.38. The van der Waals surface area contributed by atoms with Gasteiger partial charge in [0.05, 0.1) is 5.69 Å². The van der Waals surface area contributed by atoms with Gasteiger partial charge in [-0.1, -0.05) is 25.6 Å². The molecular formula is C13H17NO2. The number of hydrogen-bond donors (Lipinski definition) is 1. The van der Waals surface area contributed by atoms with E-state index in [1.54, 1.807) is 13.1 Å². The van der Waals surface area contributed by atoms with Crippen molar-refractivity contribution in [1.82, 2.24) is 4.98 Å². The molecule has 0 aliphatic heterocycles. The number of nitrogens with zero attached hydrogens (tertiary/aromatic N) is 1. The van der Waals surface area contributed by atoms with Gasteiger partial charge in [0, 0.05) is 11.8 Å². The maximum absolute atomic E-state index is 9.83. The molecule has 0 saturated carbocycles. The number of pyridine rings is 1. The fourth-order valence-electron chi connectivity index (χ4n) is 0.797. The van der Waals surface area contributed by atoms with Crippen LogP contribution in [0.25, 0.3) is 6.08 Å². The zero-order chi connectivity index (χ0) is 12.4. The summed E-state index contributed by atoms with van der Waals surface area (Å²) >= 11 is 0. The van der Waals surface area contributed by atoms with Crippen LogP contribution < -0.4 is 0 Å². The zero-order valence-corrected chi connectivity index (χ0v) is 9.68. The van der Waals surface area contributed by atoms with E-state index in [2.05, 4.69) is 11.6 Å². The molecule has 0 saturated heterocycles. The Kier molecular flexibility index (Phi) is 7.41. The predicted octanol–water partition coefficient (Wildman–Crippen LogP) is 3.15. The van der Waals surface area contributed by atoms with Crippen molar-refractivity contribution in [3.05, 3.63) is 48.3 Å². The lowest BCUT2D eigenvalue weighted by Crippen LogP contribution is -1.95. The maximum atomic E-state index is 9.83. The molecule has 0 atom stereocenters. The summed E-state index contributed by atoms with van der Waals surface area (Å²) in [6.45, 7) is 7.01. The summed E-state index contributed by atoms with van der Waals surface area (Å²) in [5.41, 5.74) is 1.28. The van der Waals surface area contributed by atoms with Crippen LogP contribution in [0.3, 0.4) is 0 Å². The lowest BCUT2D eigenvalue weighted by molar-refractivity contribution is -0.132. The van der Waals surface area contributed by atoms with Gasteiger partial charge in [-0.2, -0.15) is 0 Å². The van der Waals surface area contributed by atoms with Crippen molar-refractivity contribution in [2.24, 2.45) is 0 Å². The van der Waals surface area contributed by atoms with E-state index in [9.17, 15) is 4.79 Å². The standard InChI is InChI=1S/C8H9N.C5H8O2/c1-2-5-8-6-3-4-7-9-8;1-3-4(2)5(6)7/h2-7H,1H3;2-3H2,1H3,(H,6,7). The molecule has 0 aliphatic rings. The molecule has 0 aromatic carbocycles. The molecule has 0 bridgehead atoms. The molecule has 1 heterocycles. The number of aliphatic carboxylic acids is 1. The van der Waals surface area contributed by atoms with E-state index in [0.29, 0.717) is 6.42 Å². The highest BCUT2D eigenvalue weighted by atomic mass is 16.4. The molecule has 3 nitrogen and oxygen atoms in total. The number of rotatable bonds is 3. The van der Waals surface area contributed by atoms with Crippen molar-refractivity contribution >= 4 is 12.0 Å². The number of carbonyl (C=O) groups is 1. The number of carboxylic acids is 1. The van der Waals surface area contributed by atoms with Crippen LogP contribution in [0.5, 0.6) is 0 Å². The summed E-state index contributed by atoms with van der Waals surface area (Å²) < 4.78 is 0. The zero-order valence-electron chi connectivity index (χ0n) is 9.68. The number of hydrogen-bond acceptors (Lipinski definition) is 2. The molecule has 1 aromatic heterocycles. The minimum Gasteiger partial charge on any atom is -0.478 e. The van der Waals surface area contributed by atoms with Crippen LogP contribution in [0.1, 0.15) is 26.0 Å². The first-order chi connectivity index (χ1) is 7.61. The Hall–Kier alpha value is -1.90. The predicted molar refractivity (Wildman–Crippen MR) is 66.0 cm³/mol. The van der Waals surface area contributed by atoms with Crippen molar-refractivity contribution in [3.8, 4) is 0 Å². The smallest absolute Gasteiger partial charge is 0.330 e. The van der Waals surface area contributed by atoms with Crippen LogP contribution in [-0.4, -0.2) is 16.1 Å². The number of allylic oxidation sites excluding steroid dienone is 1. The van der Waals surface area contributed by atoms with E-state index < -0.39 is 5.97 Å². The van der Waals surface area contributed by atoms with Gasteiger partial charge in [0.1, 0.15) is 0 Å². The highest BCUT2D eigenvalue weighted by molar-refractivity contribution is 5.85. The van der Waals surface area contributed by atoms with Gasteiger partial charge in [0.2, 0.25) is 0 Å². The van der Waals surface area contributed by atoms with E-state index in [0.717, 1.165) is 5.69 Å². The van der Waals surface area contributed by atoms with Crippen LogP contribution in [0.2, 0.25) is 0 Å². The van der Waals surface area contributed by atoms with Crippen LogP contribution in [0, 0.1) is 0 Å². The quantitative estimate of drug-likeness (QED) is 0.794. The Morgan fingerprint density at radius 1 is 1.56 bits per heavy atom.